The zero-order valence-corrected chi connectivity index (χ0v) is 20.9. The SMILES string of the molecule is CC1=NC(C)C2C=CC=CN2C1C(=O)N1CCC2(CC1)CC2CNC(C)c1cc2ccncc2o1. The number of amides is 1. The van der Waals surface area contributed by atoms with E-state index in [4.69, 9.17) is 9.41 Å². The number of likely N-dealkylation sites (tertiary alicyclic amines) is 1. The van der Waals surface area contributed by atoms with Gasteiger partial charge in [-0.1, -0.05) is 12.2 Å². The van der Waals surface area contributed by atoms with Crippen molar-refractivity contribution in [3.63, 3.8) is 0 Å². The zero-order chi connectivity index (χ0) is 24.2. The molecule has 5 unspecified atom stereocenters. The number of pyridine rings is 1. The molecule has 1 saturated carbocycles. The number of rotatable bonds is 5. The van der Waals surface area contributed by atoms with Crippen molar-refractivity contribution < 1.29 is 9.21 Å². The van der Waals surface area contributed by atoms with E-state index in [1.165, 1.54) is 6.42 Å². The molecule has 2 aromatic heterocycles. The van der Waals surface area contributed by atoms with Gasteiger partial charge in [-0.2, -0.15) is 0 Å². The van der Waals surface area contributed by atoms with E-state index < -0.39 is 0 Å². The summed E-state index contributed by atoms with van der Waals surface area (Å²) in [7, 11) is 0. The molecule has 1 N–H and O–H groups in total. The molecule has 1 aliphatic carbocycles. The number of nitrogens with one attached hydrogen (secondary N) is 1. The summed E-state index contributed by atoms with van der Waals surface area (Å²) in [5, 5.41) is 4.78. The second kappa shape index (κ2) is 8.63. The fraction of sp³-hybridized carbons (Fsp3) is 0.536. The highest BCUT2D eigenvalue weighted by Crippen LogP contribution is 2.59. The van der Waals surface area contributed by atoms with Gasteiger partial charge in [0.2, 0.25) is 0 Å². The molecule has 0 radical (unpaired) electrons. The zero-order valence-electron chi connectivity index (χ0n) is 20.9. The first-order valence-electron chi connectivity index (χ1n) is 13.0. The Balaban J connectivity index is 1.04. The summed E-state index contributed by atoms with van der Waals surface area (Å²) in [6.07, 6.45) is 15.3. The number of carbonyl (C=O) groups excluding carboxylic acids is 1. The second-order valence-electron chi connectivity index (χ2n) is 10.9. The highest BCUT2D eigenvalue weighted by atomic mass is 16.3. The van der Waals surface area contributed by atoms with E-state index in [0.717, 1.165) is 54.9 Å². The van der Waals surface area contributed by atoms with Crippen molar-refractivity contribution in [1.82, 2.24) is 20.1 Å². The van der Waals surface area contributed by atoms with Crippen molar-refractivity contribution in [2.75, 3.05) is 19.6 Å². The number of fused-ring (bicyclic) bond motifs is 2. The van der Waals surface area contributed by atoms with Crippen LogP contribution < -0.4 is 5.32 Å². The van der Waals surface area contributed by atoms with E-state index in [1.807, 2.05) is 19.1 Å². The first-order valence-corrected chi connectivity index (χ1v) is 13.0. The number of aliphatic imine (C=N–C) groups is 1. The lowest BCUT2D eigenvalue weighted by atomic mass is 9.89. The van der Waals surface area contributed by atoms with Gasteiger partial charge in [0.05, 0.1) is 24.3 Å². The Bertz CT molecular complexity index is 1170. The minimum absolute atomic E-state index is 0.164. The smallest absolute Gasteiger partial charge is 0.251 e. The average Bonchev–Trinajstić information content (AvgIpc) is 3.33. The van der Waals surface area contributed by atoms with Crippen molar-refractivity contribution in [2.24, 2.45) is 16.3 Å². The van der Waals surface area contributed by atoms with Crippen LogP contribution in [0.3, 0.4) is 0 Å². The maximum absolute atomic E-state index is 13.6. The second-order valence-corrected chi connectivity index (χ2v) is 10.9. The van der Waals surface area contributed by atoms with E-state index >= 15 is 0 Å². The molecule has 1 saturated heterocycles. The van der Waals surface area contributed by atoms with Crippen molar-refractivity contribution in [1.29, 1.82) is 0 Å². The number of carbonyl (C=O) groups is 1. The van der Waals surface area contributed by atoms with Gasteiger partial charge >= 0.3 is 0 Å². The Kier molecular flexibility index (Phi) is 5.55. The molecule has 2 aromatic rings. The van der Waals surface area contributed by atoms with Crippen molar-refractivity contribution >= 4 is 22.6 Å². The van der Waals surface area contributed by atoms with Gasteiger partial charge in [-0.15, -0.1) is 0 Å². The highest BCUT2D eigenvalue weighted by molar-refractivity contribution is 6.07. The monoisotopic (exact) mass is 473 g/mol. The number of nitrogens with zero attached hydrogens (tertiary/aromatic N) is 4. The average molecular weight is 474 g/mol. The third-order valence-electron chi connectivity index (χ3n) is 8.72. The Morgan fingerprint density at radius 3 is 2.94 bits per heavy atom. The third-order valence-corrected chi connectivity index (χ3v) is 8.72. The normalized spacial score (nSPS) is 29.9. The van der Waals surface area contributed by atoms with Crippen LogP contribution in [0.15, 0.2) is 58.4 Å². The fourth-order valence-electron chi connectivity index (χ4n) is 6.40. The Morgan fingerprint density at radius 2 is 2.14 bits per heavy atom. The fourth-order valence-corrected chi connectivity index (χ4v) is 6.40. The van der Waals surface area contributed by atoms with Gasteiger partial charge in [-0.05, 0) is 76.1 Å². The first kappa shape index (κ1) is 22.5. The van der Waals surface area contributed by atoms with Crippen LogP contribution in [0.5, 0.6) is 0 Å². The van der Waals surface area contributed by atoms with E-state index in [0.29, 0.717) is 11.3 Å². The number of allylic oxidation sites excluding steroid dienone is 2. The number of hydrogen-bond donors (Lipinski definition) is 1. The largest absolute Gasteiger partial charge is 0.458 e. The molecule has 1 amide bonds. The summed E-state index contributed by atoms with van der Waals surface area (Å²) >= 11 is 0. The lowest BCUT2D eigenvalue weighted by Gasteiger charge is -2.45. The third kappa shape index (κ3) is 3.99. The maximum Gasteiger partial charge on any atom is 0.251 e. The standard InChI is InChI=1S/C28H35N5O2/c1-18-23-6-4-5-11-33(23)26(20(3)31-18)27(34)32-12-8-28(9-13-32)15-22(28)16-30-19(2)24-14-21-7-10-29-17-25(21)35-24/h4-7,10-11,14,17-19,22-23,26,30H,8-9,12-13,15-16H2,1-3H3. The molecule has 5 atom stereocenters. The van der Waals surface area contributed by atoms with Gasteiger partial charge in [0.15, 0.2) is 5.58 Å². The number of aromatic nitrogens is 1. The predicted molar refractivity (Wildman–Crippen MR) is 137 cm³/mol. The van der Waals surface area contributed by atoms with Crippen LogP contribution in [0.1, 0.15) is 51.8 Å². The highest BCUT2D eigenvalue weighted by Gasteiger charge is 2.55. The number of piperidine rings is 1. The Morgan fingerprint density at radius 1 is 1.31 bits per heavy atom. The topological polar surface area (TPSA) is 74.0 Å². The quantitative estimate of drug-likeness (QED) is 0.708. The molecule has 0 aromatic carbocycles. The first-order chi connectivity index (χ1) is 16.9. The summed E-state index contributed by atoms with van der Waals surface area (Å²) in [5.74, 6) is 1.84. The summed E-state index contributed by atoms with van der Waals surface area (Å²) in [5.41, 5.74) is 2.16. The van der Waals surface area contributed by atoms with Crippen LogP contribution in [0.2, 0.25) is 0 Å². The molecule has 2 fully saturated rings. The van der Waals surface area contributed by atoms with Gasteiger partial charge in [0, 0.05) is 36.6 Å². The van der Waals surface area contributed by atoms with E-state index in [1.54, 1.807) is 12.4 Å². The van der Waals surface area contributed by atoms with Gasteiger partial charge in [-0.3, -0.25) is 14.8 Å². The Labute approximate surface area is 207 Å². The molecule has 3 aliphatic heterocycles. The lowest BCUT2D eigenvalue weighted by Crippen LogP contribution is -2.59. The van der Waals surface area contributed by atoms with Crippen molar-refractivity contribution in [3.8, 4) is 0 Å². The minimum atomic E-state index is -0.275. The van der Waals surface area contributed by atoms with Gasteiger partial charge in [-0.25, -0.2) is 0 Å². The number of hydrogen-bond acceptors (Lipinski definition) is 6. The molecule has 1 spiro atoms. The Hall–Kier alpha value is -2.93. The van der Waals surface area contributed by atoms with Gasteiger partial charge in [0.1, 0.15) is 11.8 Å². The molecule has 6 rings (SSSR count). The molecule has 0 bridgehead atoms. The van der Waals surface area contributed by atoms with E-state index in [-0.39, 0.29) is 30.1 Å². The molecule has 5 heterocycles. The summed E-state index contributed by atoms with van der Waals surface area (Å²) < 4.78 is 5.98. The molecule has 184 valence electrons. The van der Waals surface area contributed by atoms with Crippen LogP contribution in [-0.4, -0.2) is 64.2 Å². The van der Waals surface area contributed by atoms with Crippen LogP contribution in [0.4, 0.5) is 0 Å². The lowest BCUT2D eigenvalue weighted by molar-refractivity contribution is -0.136. The van der Waals surface area contributed by atoms with E-state index in [9.17, 15) is 4.79 Å². The summed E-state index contributed by atoms with van der Waals surface area (Å²) in [6.45, 7) is 8.98. The minimum Gasteiger partial charge on any atom is -0.458 e. The van der Waals surface area contributed by atoms with Crippen molar-refractivity contribution in [2.45, 2.75) is 64.2 Å². The van der Waals surface area contributed by atoms with Crippen LogP contribution >= 0.6 is 0 Å². The summed E-state index contributed by atoms with van der Waals surface area (Å²) in [6, 6.07) is 4.32. The molecule has 35 heavy (non-hydrogen) atoms. The van der Waals surface area contributed by atoms with Gasteiger partial charge in [0.25, 0.3) is 5.91 Å². The van der Waals surface area contributed by atoms with Crippen LogP contribution in [0, 0.1) is 11.3 Å². The number of furan rings is 1. The van der Waals surface area contributed by atoms with Crippen molar-refractivity contribution in [3.05, 3.63) is 54.7 Å². The van der Waals surface area contributed by atoms with E-state index in [2.05, 4.69) is 58.4 Å². The molecule has 7 heteroatoms. The predicted octanol–water partition coefficient (Wildman–Crippen LogP) is 4.09. The van der Waals surface area contributed by atoms with Crippen LogP contribution in [-0.2, 0) is 4.79 Å². The van der Waals surface area contributed by atoms with Crippen LogP contribution in [0.25, 0.3) is 11.0 Å². The maximum atomic E-state index is 13.6. The molecular weight excluding hydrogens is 438 g/mol. The summed E-state index contributed by atoms with van der Waals surface area (Å²) in [4.78, 5) is 26.9. The molecule has 4 aliphatic rings. The molecular formula is C28H35N5O2. The van der Waals surface area contributed by atoms with Gasteiger partial charge < -0.3 is 19.5 Å². The molecule has 7 nitrogen and oxygen atoms in total.